The molecule has 86 valence electrons. The van der Waals surface area contributed by atoms with Crippen LogP contribution in [0.3, 0.4) is 0 Å². The van der Waals surface area contributed by atoms with E-state index in [4.69, 9.17) is 10.5 Å². The summed E-state index contributed by atoms with van der Waals surface area (Å²) in [5, 5.41) is 0. The maximum atomic E-state index is 11.7. The fraction of sp³-hybridized carbons (Fsp3) is 0.417. The quantitative estimate of drug-likeness (QED) is 0.867. The number of carbonyl (C=O) groups excluding carboxylic acids is 1. The van der Waals surface area contributed by atoms with Crippen molar-refractivity contribution < 1.29 is 9.53 Å². The summed E-state index contributed by atoms with van der Waals surface area (Å²) in [7, 11) is 1.41. The molecule has 4 heteroatoms. The van der Waals surface area contributed by atoms with Gasteiger partial charge in [0.2, 0.25) is 0 Å². The molecule has 1 unspecified atom stereocenters. The van der Waals surface area contributed by atoms with E-state index < -0.39 is 5.41 Å². The zero-order valence-electron chi connectivity index (χ0n) is 9.07. The van der Waals surface area contributed by atoms with E-state index in [9.17, 15) is 4.79 Å². The lowest BCUT2D eigenvalue weighted by molar-refractivity contribution is -0.148. The van der Waals surface area contributed by atoms with Crippen LogP contribution in [-0.2, 0) is 9.53 Å². The Hall–Kier alpha value is -0.870. The third-order valence-corrected chi connectivity index (χ3v) is 3.94. The van der Waals surface area contributed by atoms with Crippen LogP contribution in [-0.4, -0.2) is 13.1 Å². The number of benzene rings is 1. The number of methoxy groups -OCH3 is 1. The average Bonchev–Trinajstić information content (AvgIpc) is 3.09. The van der Waals surface area contributed by atoms with Crippen LogP contribution < -0.4 is 5.73 Å². The second-order valence-corrected chi connectivity index (χ2v) is 5.00. The molecule has 2 N–H and O–H groups in total. The second kappa shape index (κ2) is 4.18. The molecule has 0 saturated heterocycles. The van der Waals surface area contributed by atoms with Crippen molar-refractivity contribution in [3.8, 4) is 0 Å². The lowest BCUT2D eigenvalue weighted by atomic mass is 9.91. The van der Waals surface area contributed by atoms with Gasteiger partial charge in [-0.2, -0.15) is 0 Å². The number of rotatable bonds is 3. The van der Waals surface area contributed by atoms with E-state index in [0.29, 0.717) is 0 Å². The summed E-state index contributed by atoms with van der Waals surface area (Å²) in [6.07, 6.45) is 1.62. The first-order chi connectivity index (χ1) is 7.62. The predicted octanol–water partition coefficient (Wildman–Crippen LogP) is 2.40. The summed E-state index contributed by atoms with van der Waals surface area (Å²) < 4.78 is 5.77. The first-order valence-corrected chi connectivity index (χ1v) is 5.99. The summed E-state index contributed by atoms with van der Waals surface area (Å²) in [5.74, 6) is -0.198. The van der Waals surface area contributed by atoms with Crippen LogP contribution >= 0.6 is 15.9 Å². The molecule has 16 heavy (non-hydrogen) atoms. The van der Waals surface area contributed by atoms with Gasteiger partial charge in [0.15, 0.2) is 0 Å². The van der Waals surface area contributed by atoms with Crippen molar-refractivity contribution >= 4 is 21.9 Å². The summed E-state index contributed by atoms with van der Waals surface area (Å²) in [4.78, 5) is 11.7. The van der Waals surface area contributed by atoms with Crippen molar-refractivity contribution in [2.75, 3.05) is 7.11 Å². The van der Waals surface area contributed by atoms with Gasteiger partial charge < -0.3 is 10.5 Å². The molecular weight excluding hydrogens is 270 g/mol. The molecule has 1 aromatic rings. The van der Waals surface area contributed by atoms with E-state index in [2.05, 4.69) is 15.9 Å². The number of carbonyl (C=O) groups is 1. The molecule has 0 bridgehead atoms. The number of hydrogen-bond acceptors (Lipinski definition) is 3. The third kappa shape index (κ3) is 1.76. The highest BCUT2D eigenvalue weighted by Gasteiger charge is 2.56. The zero-order chi connectivity index (χ0) is 11.8. The summed E-state index contributed by atoms with van der Waals surface area (Å²) >= 11 is 3.46. The summed E-state index contributed by atoms with van der Waals surface area (Å²) in [6.45, 7) is 0. The molecule has 1 aliphatic carbocycles. The molecule has 1 saturated carbocycles. The van der Waals surface area contributed by atoms with Crippen LogP contribution in [0.5, 0.6) is 0 Å². The second-order valence-electron chi connectivity index (χ2n) is 4.15. The molecule has 1 aromatic carbocycles. The van der Waals surface area contributed by atoms with Crippen molar-refractivity contribution in [3.05, 3.63) is 34.3 Å². The van der Waals surface area contributed by atoms with Gasteiger partial charge in [-0.1, -0.05) is 34.1 Å². The van der Waals surface area contributed by atoms with Gasteiger partial charge in [0.05, 0.1) is 12.5 Å². The summed E-state index contributed by atoms with van der Waals surface area (Å²) in [5.41, 5.74) is 6.64. The normalized spacial score (nSPS) is 18.9. The first-order valence-electron chi connectivity index (χ1n) is 5.20. The molecule has 0 aliphatic heterocycles. The minimum Gasteiger partial charge on any atom is -0.469 e. The minimum atomic E-state index is -0.501. The number of ether oxygens (including phenoxy) is 1. The average molecular weight is 284 g/mol. The zero-order valence-corrected chi connectivity index (χ0v) is 10.7. The van der Waals surface area contributed by atoms with Crippen LogP contribution in [0.1, 0.15) is 24.4 Å². The SMILES string of the molecule is COC(=O)C1(C(N)c2ccccc2Br)CC1. The highest BCUT2D eigenvalue weighted by molar-refractivity contribution is 9.10. The predicted molar refractivity (Wildman–Crippen MR) is 64.8 cm³/mol. The van der Waals surface area contributed by atoms with E-state index in [0.717, 1.165) is 22.9 Å². The first kappa shape index (κ1) is 11.6. The van der Waals surface area contributed by atoms with Gasteiger partial charge in [-0.25, -0.2) is 0 Å². The fourth-order valence-corrected chi connectivity index (χ4v) is 2.54. The van der Waals surface area contributed by atoms with E-state index in [1.54, 1.807) is 0 Å². The number of hydrogen-bond donors (Lipinski definition) is 1. The standard InChI is InChI=1S/C12H14BrNO2/c1-16-11(15)12(6-7-12)10(14)8-4-2-3-5-9(8)13/h2-5,10H,6-7,14H2,1H3. The number of halogens is 1. The van der Waals surface area contributed by atoms with Crippen molar-refractivity contribution in [1.29, 1.82) is 0 Å². The van der Waals surface area contributed by atoms with Crippen molar-refractivity contribution in [2.24, 2.45) is 11.1 Å². The van der Waals surface area contributed by atoms with E-state index >= 15 is 0 Å². The van der Waals surface area contributed by atoms with Crippen molar-refractivity contribution in [2.45, 2.75) is 18.9 Å². The van der Waals surface area contributed by atoms with Gasteiger partial charge in [0, 0.05) is 10.5 Å². The Balaban J connectivity index is 2.30. The maximum absolute atomic E-state index is 11.7. The van der Waals surface area contributed by atoms with Gasteiger partial charge >= 0.3 is 5.97 Å². The van der Waals surface area contributed by atoms with Gasteiger partial charge in [-0.05, 0) is 24.5 Å². The Kier molecular flexibility index (Phi) is 3.04. The largest absolute Gasteiger partial charge is 0.469 e. The van der Waals surface area contributed by atoms with Gasteiger partial charge in [0.25, 0.3) is 0 Å². The van der Waals surface area contributed by atoms with E-state index in [1.807, 2.05) is 24.3 Å². The Morgan fingerprint density at radius 2 is 2.12 bits per heavy atom. The molecule has 0 amide bonds. The molecule has 1 fully saturated rings. The molecule has 1 atom stereocenters. The molecule has 0 radical (unpaired) electrons. The maximum Gasteiger partial charge on any atom is 0.313 e. The molecule has 0 heterocycles. The van der Waals surface area contributed by atoms with Crippen molar-refractivity contribution in [3.63, 3.8) is 0 Å². The van der Waals surface area contributed by atoms with Gasteiger partial charge in [-0.15, -0.1) is 0 Å². The van der Waals surface area contributed by atoms with Crippen molar-refractivity contribution in [1.82, 2.24) is 0 Å². The highest BCUT2D eigenvalue weighted by atomic mass is 79.9. The van der Waals surface area contributed by atoms with Gasteiger partial charge in [-0.3, -0.25) is 4.79 Å². The number of nitrogens with two attached hydrogens (primary N) is 1. The van der Waals surface area contributed by atoms with E-state index in [-0.39, 0.29) is 12.0 Å². The lowest BCUT2D eigenvalue weighted by Crippen LogP contribution is -2.31. The minimum absolute atomic E-state index is 0.198. The van der Waals surface area contributed by atoms with Crippen LogP contribution in [0.15, 0.2) is 28.7 Å². The topological polar surface area (TPSA) is 52.3 Å². The third-order valence-electron chi connectivity index (χ3n) is 3.22. The fourth-order valence-electron chi connectivity index (χ4n) is 2.01. The highest BCUT2D eigenvalue weighted by Crippen LogP contribution is 2.55. The van der Waals surface area contributed by atoms with Crippen LogP contribution in [0.2, 0.25) is 0 Å². The van der Waals surface area contributed by atoms with Gasteiger partial charge in [0.1, 0.15) is 0 Å². The molecule has 2 rings (SSSR count). The molecular formula is C12H14BrNO2. The Labute approximate surface area is 103 Å². The van der Waals surface area contributed by atoms with Crippen LogP contribution in [0.4, 0.5) is 0 Å². The Morgan fingerprint density at radius 1 is 1.50 bits per heavy atom. The smallest absolute Gasteiger partial charge is 0.313 e. The van der Waals surface area contributed by atoms with Crippen LogP contribution in [0.25, 0.3) is 0 Å². The molecule has 1 aliphatic rings. The Morgan fingerprint density at radius 3 is 2.62 bits per heavy atom. The van der Waals surface area contributed by atoms with Crippen LogP contribution in [0, 0.1) is 5.41 Å². The summed E-state index contributed by atoms with van der Waals surface area (Å²) in [6, 6.07) is 7.43. The molecule has 3 nitrogen and oxygen atoms in total. The molecule has 0 spiro atoms. The van der Waals surface area contributed by atoms with E-state index in [1.165, 1.54) is 7.11 Å². The lowest BCUT2D eigenvalue weighted by Gasteiger charge is -2.22. The molecule has 0 aromatic heterocycles. The monoisotopic (exact) mass is 283 g/mol. The number of esters is 1. The Bertz CT molecular complexity index is 415.